The molecule has 0 saturated heterocycles. The Kier molecular flexibility index (Phi) is 9.73. The first kappa shape index (κ1) is 27.0. The second-order valence-electron chi connectivity index (χ2n) is 8.23. The molecule has 2 N–H and O–H groups in total. The molecule has 36 heavy (non-hydrogen) atoms. The zero-order valence-electron chi connectivity index (χ0n) is 20.1. The van der Waals surface area contributed by atoms with E-state index in [-0.39, 0.29) is 5.92 Å². The molecule has 9 heteroatoms. The van der Waals surface area contributed by atoms with Crippen LogP contribution in [0.3, 0.4) is 0 Å². The van der Waals surface area contributed by atoms with Gasteiger partial charge in [-0.2, -0.15) is 5.10 Å². The fourth-order valence-corrected chi connectivity index (χ4v) is 3.61. The summed E-state index contributed by atoms with van der Waals surface area (Å²) in [6, 6.07) is 18.5. The van der Waals surface area contributed by atoms with Crippen LogP contribution in [0.15, 0.2) is 71.8 Å². The van der Waals surface area contributed by atoms with Crippen LogP contribution in [0, 0.1) is 5.92 Å². The topological polar surface area (TPSA) is 89.0 Å². The quantitative estimate of drug-likeness (QED) is 0.269. The number of benzene rings is 3. The summed E-state index contributed by atoms with van der Waals surface area (Å²) in [5.41, 5.74) is 4.44. The molecule has 3 rings (SSSR count). The maximum Gasteiger partial charge on any atom is 0.262 e. The average Bonchev–Trinajstić information content (AvgIpc) is 2.87. The largest absolute Gasteiger partial charge is 0.493 e. The second-order valence-corrected chi connectivity index (χ2v) is 9.08. The van der Waals surface area contributed by atoms with Gasteiger partial charge in [0, 0.05) is 5.02 Å². The van der Waals surface area contributed by atoms with Crippen molar-refractivity contribution in [3.63, 3.8) is 0 Å². The molecule has 0 aliphatic carbocycles. The van der Waals surface area contributed by atoms with Crippen LogP contribution in [0.1, 0.15) is 35.3 Å². The molecule has 7 nitrogen and oxygen atoms in total. The van der Waals surface area contributed by atoms with E-state index in [1.54, 1.807) is 61.7 Å². The number of ether oxygens (including phenoxy) is 2. The molecule has 0 fully saturated rings. The fraction of sp³-hybridized carbons (Fsp3) is 0.222. The number of carbonyl (C=O) groups is 2. The lowest BCUT2D eigenvalue weighted by Gasteiger charge is -2.20. The predicted molar refractivity (Wildman–Crippen MR) is 142 cm³/mol. The first-order valence-corrected chi connectivity index (χ1v) is 12.0. The maximum atomic E-state index is 12.7. The summed E-state index contributed by atoms with van der Waals surface area (Å²) in [5.74, 6) is 0.0276. The van der Waals surface area contributed by atoms with Gasteiger partial charge < -0.3 is 14.8 Å². The van der Waals surface area contributed by atoms with Gasteiger partial charge in [-0.3, -0.25) is 9.59 Å². The minimum Gasteiger partial charge on any atom is -0.493 e. The number of nitrogens with one attached hydrogen (secondary N) is 2. The van der Waals surface area contributed by atoms with Crippen LogP contribution >= 0.6 is 23.2 Å². The van der Waals surface area contributed by atoms with Crippen LogP contribution in [-0.4, -0.2) is 31.2 Å². The van der Waals surface area contributed by atoms with Crippen molar-refractivity contribution in [2.24, 2.45) is 11.0 Å². The van der Waals surface area contributed by atoms with E-state index in [4.69, 9.17) is 32.7 Å². The Morgan fingerprint density at radius 2 is 1.72 bits per heavy atom. The van der Waals surface area contributed by atoms with E-state index in [2.05, 4.69) is 15.8 Å². The van der Waals surface area contributed by atoms with Crippen LogP contribution in [0.5, 0.6) is 11.5 Å². The number of carbonyl (C=O) groups excluding carboxylic acids is 2. The number of methoxy groups -OCH3 is 1. The lowest BCUT2D eigenvalue weighted by molar-refractivity contribution is -0.123. The highest BCUT2D eigenvalue weighted by atomic mass is 35.5. The third-order valence-corrected chi connectivity index (χ3v) is 5.82. The Hall–Kier alpha value is -3.55. The summed E-state index contributed by atoms with van der Waals surface area (Å²) in [4.78, 5) is 25.3. The van der Waals surface area contributed by atoms with Crippen molar-refractivity contribution in [3.8, 4) is 11.5 Å². The molecule has 0 radical (unpaired) electrons. The fourth-order valence-electron chi connectivity index (χ4n) is 3.26. The molecule has 0 spiro atoms. The lowest BCUT2D eigenvalue weighted by Crippen LogP contribution is -2.48. The third kappa shape index (κ3) is 7.47. The SMILES string of the molecule is COc1cc(/C=N\NC(=O)C(NC(=O)c2ccccc2Cl)C(C)C)ccc1OCc1ccc(Cl)cc1. The summed E-state index contributed by atoms with van der Waals surface area (Å²) < 4.78 is 11.3. The van der Waals surface area contributed by atoms with E-state index in [1.165, 1.54) is 6.21 Å². The van der Waals surface area contributed by atoms with Gasteiger partial charge in [0.1, 0.15) is 12.6 Å². The summed E-state index contributed by atoms with van der Waals surface area (Å²) in [6.07, 6.45) is 1.48. The average molecular weight is 528 g/mol. The van der Waals surface area contributed by atoms with Gasteiger partial charge in [0.25, 0.3) is 11.8 Å². The zero-order chi connectivity index (χ0) is 26.1. The van der Waals surface area contributed by atoms with Gasteiger partial charge in [-0.15, -0.1) is 0 Å². The monoisotopic (exact) mass is 527 g/mol. The first-order valence-electron chi connectivity index (χ1n) is 11.2. The molecule has 188 valence electrons. The molecule has 0 bridgehead atoms. The van der Waals surface area contributed by atoms with Crippen molar-refractivity contribution in [3.05, 3.63) is 93.5 Å². The molecule has 2 amide bonds. The molecule has 3 aromatic rings. The molecule has 0 aliphatic rings. The van der Waals surface area contributed by atoms with Crippen LogP contribution in [0.2, 0.25) is 10.0 Å². The molecule has 0 heterocycles. The number of nitrogens with zero attached hydrogens (tertiary/aromatic N) is 1. The minimum absolute atomic E-state index is 0.177. The molecule has 0 aromatic heterocycles. The Morgan fingerprint density at radius 1 is 1.00 bits per heavy atom. The standard InChI is InChI=1S/C27H27Cl2N3O4/c1-17(2)25(31-26(33)21-6-4-5-7-22(21)29)27(34)32-30-15-19-10-13-23(24(14-19)35-3)36-16-18-8-11-20(28)12-9-18/h4-15,17,25H,16H2,1-3H3,(H,31,33)(H,32,34)/b30-15-. The van der Waals surface area contributed by atoms with E-state index in [1.807, 2.05) is 26.0 Å². The van der Waals surface area contributed by atoms with Gasteiger partial charge in [0.15, 0.2) is 11.5 Å². The number of hydrogen-bond acceptors (Lipinski definition) is 5. The molecule has 1 atom stereocenters. The second kappa shape index (κ2) is 13.0. The smallest absolute Gasteiger partial charge is 0.262 e. The molecular weight excluding hydrogens is 501 g/mol. The summed E-state index contributed by atoms with van der Waals surface area (Å²) in [5, 5.41) is 7.74. The lowest BCUT2D eigenvalue weighted by atomic mass is 10.0. The number of hydrazone groups is 1. The summed E-state index contributed by atoms with van der Waals surface area (Å²) in [7, 11) is 1.54. The van der Waals surface area contributed by atoms with Gasteiger partial charge in [-0.1, -0.05) is 61.3 Å². The van der Waals surface area contributed by atoms with Gasteiger partial charge >= 0.3 is 0 Å². The van der Waals surface area contributed by atoms with Crippen molar-refractivity contribution in [2.75, 3.05) is 7.11 Å². The van der Waals surface area contributed by atoms with Crippen molar-refractivity contribution >= 4 is 41.2 Å². The predicted octanol–water partition coefficient (Wildman–Crippen LogP) is 5.49. The molecule has 0 saturated carbocycles. The highest BCUT2D eigenvalue weighted by molar-refractivity contribution is 6.33. The van der Waals surface area contributed by atoms with Gasteiger partial charge in [0.2, 0.25) is 0 Å². The summed E-state index contributed by atoms with van der Waals surface area (Å²) >= 11 is 12.0. The Labute approximate surface area is 220 Å². The van der Waals surface area contributed by atoms with Crippen molar-refractivity contribution in [1.29, 1.82) is 0 Å². The van der Waals surface area contributed by atoms with Crippen LogP contribution in [0.25, 0.3) is 0 Å². The van der Waals surface area contributed by atoms with Gasteiger partial charge in [-0.05, 0) is 59.5 Å². The number of halogens is 2. The Balaban J connectivity index is 1.61. The van der Waals surface area contributed by atoms with Crippen molar-refractivity contribution < 1.29 is 19.1 Å². The van der Waals surface area contributed by atoms with Gasteiger partial charge in [-0.25, -0.2) is 5.43 Å². The van der Waals surface area contributed by atoms with E-state index in [0.717, 1.165) is 5.56 Å². The molecule has 0 aliphatic heterocycles. The van der Waals surface area contributed by atoms with Crippen molar-refractivity contribution in [2.45, 2.75) is 26.5 Å². The van der Waals surface area contributed by atoms with Crippen LogP contribution < -0.4 is 20.2 Å². The maximum absolute atomic E-state index is 12.7. The Bertz CT molecular complexity index is 1230. The molecular formula is C27H27Cl2N3O4. The zero-order valence-corrected chi connectivity index (χ0v) is 21.6. The van der Waals surface area contributed by atoms with Crippen molar-refractivity contribution in [1.82, 2.24) is 10.7 Å². The molecule has 1 unspecified atom stereocenters. The van der Waals surface area contributed by atoms with E-state index in [9.17, 15) is 9.59 Å². The summed E-state index contributed by atoms with van der Waals surface area (Å²) in [6.45, 7) is 4.01. The Morgan fingerprint density at radius 3 is 2.39 bits per heavy atom. The van der Waals surface area contributed by atoms with Crippen LogP contribution in [0.4, 0.5) is 0 Å². The first-order chi connectivity index (χ1) is 17.3. The number of rotatable bonds is 10. The number of amides is 2. The third-order valence-electron chi connectivity index (χ3n) is 5.24. The van der Waals surface area contributed by atoms with Gasteiger partial charge in [0.05, 0.1) is 23.9 Å². The van der Waals surface area contributed by atoms with E-state index < -0.39 is 17.9 Å². The molecule has 3 aromatic carbocycles. The number of hydrogen-bond donors (Lipinski definition) is 2. The van der Waals surface area contributed by atoms with E-state index >= 15 is 0 Å². The van der Waals surface area contributed by atoms with E-state index in [0.29, 0.717) is 39.3 Å². The normalized spacial score (nSPS) is 11.8. The van der Waals surface area contributed by atoms with Crippen LogP contribution in [-0.2, 0) is 11.4 Å². The highest BCUT2D eigenvalue weighted by Gasteiger charge is 2.25. The minimum atomic E-state index is -0.802. The highest BCUT2D eigenvalue weighted by Crippen LogP contribution is 2.28.